The first-order chi connectivity index (χ1) is 9.29. The molecule has 2 nitrogen and oxygen atoms in total. The number of carbonyl (C=O) groups is 1. The molecule has 0 aliphatic carbocycles. The van der Waals surface area contributed by atoms with Gasteiger partial charge in [0.2, 0.25) is 0 Å². The molecule has 0 unspecified atom stereocenters. The Morgan fingerprint density at radius 1 is 1.25 bits per heavy atom. The van der Waals surface area contributed by atoms with Crippen molar-refractivity contribution in [3.8, 4) is 0 Å². The highest BCUT2D eigenvalue weighted by atomic mass is 19.4. The lowest BCUT2D eigenvalue weighted by molar-refractivity contribution is -0.137. The summed E-state index contributed by atoms with van der Waals surface area (Å²) in [4.78, 5) is 13.5. The summed E-state index contributed by atoms with van der Waals surface area (Å²) in [6, 6.07) is 3.37. The molecule has 2 rings (SSSR count). The summed E-state index contributed by atoms with van der Waals surface area (Å²) in [6.07, 6.45) is -2.51. The second kappa shape index (κ2) is 5.46. The predicted molar refractivity (Wildman–Crippen MR) is 72.1 cm³/mol. The van der Waals surface area contributed by atoms with Crippen LogP contribution in [0.5, 0.6) is 0 Å². The molecule has 0 atom stereocenters. The number of ketones is 1. The first-order valence-electron chi connectivity index (χ1n) is 6.76. The van der Waals surface area contributed by atoms with Crippen molar-refractivity contribution in [2.45, 2.75) is 32.9 Å². The molecule has 1 aromatic rings. The molecule has 5 heteroatoms. The summed E-state index contributed by atoms with van der Waals surface area (Å²) in [5.41, 5.74) is 0.0860. The van der Waals surface area contributed by atoms with E-state index in [0.29, 0.717) is 30.3 Å². The second-order valence-corrected chi connectivity index (χ2v) is 5.46. The Morgan fingerprint density at radius 2 is 1.85 bits per heavy atom. The average Bonchev–Trinajstić information content (AvgIpc) is 2.37. The van der Waals surface area contributed by atoms with E-state index < -0.39 is 11.7 Å². The smallest absolute Gasteiger partial charge is 0.371 e. The first kappa shape index (κ1) is 14.9. The van der Waals surface area contributed by atoms with Gasteiger partial charge in [0.1, 0.15) is 0 Å². The van der Waals surface area contributed by atoms with E-state index in [1.165, 1.54) is 13.0 Å². The monoisotopic (exact) mass is 285 g/mol. The van der Waals surface area contributed by atoms with Gasteiger partial charge in [-0.2, -0.15) is 13.2 Å². The second-order valence-electron chi connectivity index (χ2n) is 5.46. The fourth-order valence-corrected chi connectivity index (χ4v) is 2.52. The molecule has 1 saturated heterocycles. The van der Waals surface area contributed by atoms with Crippen molar-refractivity contribution in [1.82, 2.24) is 0 Å². The van der Waals surface area contributed by atoms with Crippen LogP contribution in [0.4, 0.5) is 18.9 Å². The van der Waals surface area contributed by atoms with Gasteiger partial charge in [-0.3, -0.25) is 4.79 Å². The lowest BCUT2D eigenvalue weighted by atomic mass is 9.97. The molecule has 1 aliphatic rings. The molecule has 1 aliphatic heterocycles. The van der Waals surface area contributed by atoms with E-state index >= 15 is 0 Å². The van der Waals surface area contributed by atoms with Crippen LogP contribution in [0.25, 0.3) is 0 Å². The van der Waals surface area contributed by atoms with Crippen molar-refractivity contribution in [1.29, 1.82) is 0 Å². The van der Waals surface area contributed by atoms with Crippen LogP contribution in [0.15, 0.2) is 18.2 Å². The van der Waals surface area contributed by atoms with Crippen LogP contribution < -0.4 is 4.90 Å². The largest absolute Gasteiger partial charge is 0.416 e. The van der Waals surface area contributed by atoms with Crippen molar-refractivity contribution in [2.75, 3.05) is 18.0 Å². The zero-order valence-corrected chi connectivity index (χ0v) is 11.6. The minimum absolute atomic E-state index is 0.202. The Bertz CT molecular complexity index is 502. The molecular formula is C15H18F3NO. The molecule has 0 bridgehead atoms. The molecule has 1 aromatic carbocycles. The molecule has 0 amide bonds. The Balaban J connectivity index is 2.39. The van der Waals surface area contributed by atoms with E-state index in [9.17, 15) is 18.0 Å². The molecular weight excluding hydrogens is 267 g/mol. The Kier molecular flexibility index (Phi) is 4.06. The van der Waals surface area contributed by atoms with Crippen molar-refractivity contribution in [2.24, 2.45) is 5.92 Å². The third kappa shape index (κ3) is 3.14. The molecule has 0 aromatic heterocycles. The number of benzene rings is 1. The van der Waals surface area contributed by atoms with Crippen LogP contribution in [0, 0.1) is 5.92 Å². The van der Waals surface area contributed by atoms with Gasteiger partial charge in [0.05, 0.1) is 5.56 Å². The molecule has 20 heavy (non-hydrogen) atoms. The van der Waals surface area contributed by atoms with Crippen LogP contribution in [0.1, 0.15) is 42.6 Å². The van der Waals surface area contributed by atoms with Crippen LogP contribution >= 0.6 is 0 Å². The number of hydrogen-bond donors (Lipinski definition) is 0. The molecule has 0 radical (unpaired) electrons. The zero-order valence-electron chi connectivity index (χ0n) is 11.6. The number of halogens is 3. The summed E-state index contributed by atoms with van der Waals surface area (Å²) in [5, 5.41) is 0. The fraction of sp³-hybridized carbons (Fsp3) is 0.533. The van der Waals surface area contributed by atoms with Gasteiger partial charge in [-0.25, -0.2) is 0 Å². The average molecular weight is 285 g/mol. The number of nitrogens with zero attached hydrogens (tertiary/aromatic N) is 1. The van der Waals surface area contributed by atoms with Crippen LogP contribution in [-0.4, -0.2) is 18.9 Å². The number of Topliss-reactive ketones (excluding diaryl/α,β-unsaturated/α-hetero) is 1. The number of carbonyl (C=O) groups excluding carboxylic acids is 1. The maximum Gasteiger partial charge on any atom is 0.416 e. The van der Waals surface area contributed by atoms with Gasteiger partial charge >= 0.3 is 6.18 Å². The van der Waals surface area contributed by atoms with Gasteiger partial charge in [0.25, 0.3) is 0 Å². The topological polar surface area (TPSA) is 20.3 Å². The third-order valence-corrected chi connectivity index (χ3v) is 3.83. The highest BCUT2D eigenvalue weighted by Crippen LogP contribution is 2.35. The Morgan fingerprint density at radius 3 is 2.35 bits per heavy atom. The van der Waals surface area contributed by atoms with Gasteiger partial charge in [-0.1, -0.05) is 6.92 Å². The quantitative estimate of drug-likeness (QED) is 0.761. The van der Waals surface area contributed by atoms with Gasteiger partial charge in [0, 0.05) is 24.3 Å². The SMILES string of the molecule is CC(=O)c1ccc(C(F)(F)F)cc1N1CCC(C)CC1. The fourth-order valence-electron chi connectivity index (χ4n) is 2.52. The highest BCUT2D eigenvalue weighted by Gasteiger charge is 2.32. The Labute approximate surface area is 116 Å². The van der Waals surface area contributed by atoms with E-state index in [4.69, 9.17) is 0 Å². The van der Waals surface area contributed by atoms with Crippen molar-refractivity contribution in [3.63, 3.8) is 0 Å². The van der Waals surface area contributed by atoms with Crippen molar-refractivity contribution < 1.29 is 18.0 Å². The van der Waals surface area contributed by atoms with E-state index in [1.54, 1.807) is 0 Å². The minimum Gasteiger partial charge on any atom is -0.371 e. The summed E-state index contributed by atoms with van der Waals surface area (Å²) in [7, 11) is 0. The van der Waals surface area contributed by atoms with Gasteiger partial charge in [-0.05, 0) is 43.9 Å². The van der Waals surface area contributed by atoms with E-state index in [0.717, 1.165) is 25.0 Å². The van der Waals surface area contributed by atoms with Crippen molar-refractivity contribution in [3.05, 3.63) is 29.3 Å². The lowest BCUT2D eigenvalue weighted by Crippen LogP contribution is -2.34. The molecule has 0 saturated carbocycles. The molecule has 0 spiro atoms. The number of anilines is 1. The third-order valence-electron chi connectivity index (χ3n) is 3.83. The van der Waals surface area contributed by atoms with Gasteiger partial charge in [-0.15, -0.1) is 0 Å². The normalized spacial score (nSPS) is 17.4. The van der Waals surface area contributed by atoms with E-state index in [2.05, 4.69) is 6.92 Å². The number of hydrogen-bond acceptors (Lipinski definition) is 2. The lowest BCUT2D eigenvalue weighted by Gasteiger charge is -2.33. The maximum atomic E-state index is 12.8. The van der Waals surface area contributed by atoms with E-state index in [-0.39, 0.29) is 5.78 Å². The summed E-state index contributed by atoms with van der Waals surface area (Å²) in [5.74, 6) is 0.380. The van der Waals surface area contributed by atoms with Crippen LogP contribution in [-0.2, 0) is 6.18 Å². The zero-order chi connectivity index (χ0) is 14.9. The maximum absolute atomic E-state index is 12.8. The Hall–Kier alpha value is -1.52. The standard InChI is InChI=1S/C15H18F3NO/c1-10-5-7-19(8-6-10)14-9-12(15(16,17)18)3-4-13(14)11(2)20/h3-4,9-10H,5-8H2,1-2H3. The van der Waals surface area contributed by atoms with Gasteiger partial charge < -0.3 is 4.90 Å². The number of alkyl halides is 3. The molecule has 1 fully saturated rings. The first-order valence-corrected chi connectivity index (χ1v) is 6.76. The minimum atomic E-state index is -4.38. The molecule has 0 N–H and O–H groups in total. The number of rotatable bonds is 2. The number of piperidine rings is 1. The summed E-state index contributed by atoms with van der Waals surface area (Å²) >= 11 is 0. The van der Waals surface area contributed by atoms with Gasteiger partial charge in [0.15, 0.2) is 5.78 Å². The molecule has 110 valence electrons. The van der Waals surface area contributed by atoms with Crippen molar-refractivity contribution >= 4 is 11.5 Å². The predicted octanol–water partition coefficient (Wildman–Crippen LogP) is 4.14. The molecule has 1 heterocycles. The summed E-state index contributed by atoms with van der Waals surface area (Å²) in [6.45, 7) is 4.92. The highest BCUT2D eigenvalue weighted by molar-refractivity contribution is 5.99. The van der Waals surface area contributed by atoms with E-state index in [1.807, 2.05) is 4.90 Å². The van der Waals surface area contributed by atoms with Crippen LogP contribution in [0.3, 0.4) is 0 Å². The summed E-state index contributed by atoms with van der Waals surface area (Å²) < 4.78 is 38.5. The van der Waals surface area contributed by atoms with Crippen LogP contribution in [0.2, 0.25) is 0 Å².